The van der Waals surface area contributed by atoms with Gasteiger partial charge in [-0.25, -0.2) is 0 Å². The highest BCUT2D eigenvalue weighted by Crippen LogP contribution is 2.37. The first-order chi connectivity index (χ1) is 10.7. The van der Waals surface area contributed by atoms with Gasteiger partial charge in [0.05, 0.1) is 11.1 Å². The summed E-state index contributed by atoms with van der Waals surface area (Å²) >= 11 is 3.56. The first-order valence-electron chi connectivity index (χ1n) is 7.50. The Kier molecular flexibility index (Phi) is 4.81. The molecule has 3 nitrogen and oxygen atoms in total. The molecule has 0 aliphatic carbocycles. The molecule has 2 atom stereocenters. The van der Waals surface area contributed by atoms with Gasteiger partial charge in [0.1, 0.15) is 11.4 Å². The van der Waals surface area contributed by atoms with Crippen molar-refractivity contribution in [3.05, 3.63) is 64.6 Å². The van der Waals surface area contributed by atoms with Crippen molar-refractivity contribution in [2.75, 3.05) is 19.7 Å². The van der Waals surface area contributed by atoms with Gasteiger partial charge in [0.25, 0.3) is 0 Å². The predicted molar refractivity (Wildman–Crippen MR) is 91.2 cm³/mol. The van der Waals surface area contributed by atoms with E-state index >= 15 is 0 Å². The van der Waals surface area contributed by atoms with Crippen LogP contribution in [0.25, 0.3) is 0 Å². The second-order valence-electron chi connectivity index (χ2n) is 5.68. The molecule has 0 amide bonds. The highest BCUT2D eigenvalue weighted by atomic mass is 79.9. The smallest absolute Gasteiger partial charge is 0.154 e. The van der Waals surface area contributed by atoms with Crippen LogP contribution in [0.3, 0.4) is 0 Å². The number of benzene rings is 2. The molecule has 0 spiro atoms. The summed E-state index contributed by atoms with van der Waals surface area (Å²) in [5.74, 6) is 0.826. The van der Waals surface area contributed by atoms with Crippen molar-refractivity contribution < 1.29 is 9.47 Å². The molecule has 0 aromatic heterocycles. The van der Waals surface area contributed by atoms with E-state index in [2.05, 4.69) is 40.3 Å². The molecule has 1 heterocycles. The van der Waals surface area contributed by atoms with Gasteiger partial charge in [-0.1, -0.05) is 42.5 Å². The zero-order valence-electron chi connectivity index (χ0n) is 12.6. The van der Waals surface area contributed by atoms with E-state index in [0.717, 1.165) is 28.9 Å². The standard InChI is InChI=1S/C18H20BrNO2/c1-18(13-20-11-12-21-18)17(14-7-3-2-4-8-14)22-16-10-6-5-9-15(16)19/h2-10,17,20H,11-13H2,1H3/t17-,18-/m0/s1. The average molecular weight is 362 g/mol. The van der Waals surface area contributed by atoms with Crippen molar-refractivity contribution in [2.45, 2.75) is 18.6 Å². The Bertz CT molecular complexity index is 611. The molecule has 0 unspecified atom stereocenters. The molecule has 0 radical (unpaired) electrons. The Hall–Kier alpha value is -1.36. The number of ether oxygens (including phenoxy) is 2. The quantitative estimate of drug-likeness (QED) is 0.894. The summed E-state index contributed by atoms with van der Waals surface area (Å²) in [7, 11) is 0. The first kappa shape index (κ1) is 15.5. The average Bonchev–Trinajstić information content (AvgIpc) is 2.55. The van der Waals surface area contributed by atoms with E-state index in [1.54, 1.807) is 0 Å². The Morgan fingerprint density at radius 3 is 2.55 bits per heavy atom. The third-order valence-electron chi connectivity index (χ3n) is 3.93. The third-order valence-corrected chi connectivity index (χ3v) is 4.58. The fraction of sp³-hybridized carbons (Fsp3) is 0.333. The highest BCUT2D eigenvalue weighted by molar-refractivity contribution is 9.10. The van der Waals surface area contributed by atoms with Crippen molar-refractivity contribution in [3.8, 4) is 5.75 Å². The summed E-state index contributed by atoms with van der Waals surface area (Å²) in [5, 5.41) is 3.41. The summed E-state index contributed by atoms with van der Waals surface area (Å²) in [6, 6.07) is 18.2. The number of halogens is 1. The van der Waals surface area contributed by atoms with Crippen molar-refractivity contribution in [1.29, 1.82) is 0 Å². The summed E-state index contributed by atoms with van der Waals surface area (Å²) in [6.07, 6.45) is -0.180. The van der Waals surface area contributed by atoms with Crippen LogP contribution in [-0.4, -0.2) is 25.3 Å². The topological polar surface area (TPSA) is 30.5 Å². The van der Waals surface area contributed by atoms with Gasteiger partial charge in [0.2, 0.25) is 0 Å². The zero-order valence-corrected chi connectivity index (χ0v) is 14.2. The van der Waals surface area contributed by atoms with Crippen LogP contribution in [0, 0.1) is 0 Å². The lowest BCUT2D eigenvalue weighted by Crippen LogP contribution is -2.52. The SMILES string of the molecule is C[C@@]1([C@@H](Oc2ccccc2Br)c2ccccc2)CNCCO1. The van der Waals surface area contributed by atoms with E-state index in [0.29, 0.717) is 6.61 Å². The molecule has 1 fully saturated rings. The van der Waals surface area contributed by atoms with E-state index in [1.165, 1.54) is 0 Å². The number of morpholine rings is 1. The van der Waals surface area contributed by atoms with E-state index in [-0.39, 0.29) is 6.10 Å². The number of hydrogen-bond donors (Lipinski definition) is 1. The van der Waals surface area contributed by atoms with Crippen LogP contribution in [0.5, 0.6) is 5.75 Å². The summed E-state index contributed by atoms with van der Waals surface area (Å²) in [4.78, 5) is 0. The normalized spacial score (nSPS) is 23.0. The third kappa shape index (κ3) is 3.35. The fourth-order valence-electron chi connectivity index (χ4n) is 2.75. The lowest BCUT2D eigenvalue weighted by Gasteiger charge is -2.41. The van der Waals surface area contributed by atoms with E-state index in [1.807, 2.05) is 42.5 Å². The monoisotopic (exact) mass is 361 g/mol. The summed E-state index contributed by atoms with van der Waals surface area (Å²) in [6.45, 7) is 4.44. The van der Waals surface area contributed by atoms with E-state index in [4.69, 9.17) is 9.47 Å². The summed E-state index contributed by atoms with van der Waals surface area (Å²) in [5.41, 5.74) is 0.707. The Morgan fingerprint density at radius 2 is 1.86 bits per heavy atom. The lowest BCUT2D eigenvalue weighted by molar-refractivity contribution is -0.119. The number of hydrogen-bond acceptors (Lipinski definition) is 3. The molecule has 1 saturated heterocycles. The van der Waals surface area contributed by atoms with Crippen LogP contribution in [0.15, 0.2) is 59.1 Å². The predicted octanol–water partition coefficient (Wildman–Crippen LogP) is 3.95. The molecular weight excluding hydrogens is 342 g/mol. The Labute approximate surface area is 139 Å². The van der Waals surface area contributed by atoms with Gasteiger partial charge in [-0.05, 0) is 40.5 Å². The van der Waals surface area contributed by atoms with E-state index in [9.17, 15) is 0 Å². The molecule has 22 heavy (non-hydrogen) atoms. The highest BCUT2D eigenvalue weighted by Gasteiger charge is 2.40. The minimum Gasteiger partial charge on any atom is -0.481 e. The minimum atomic E-state index is -0.408. The molecule has 4 heteroatoms. The van der Waals surface area contributed by atoms with Crippen LogP contribution < -0.4 is 10.1 Å². The molecule has 2 aromatic rings. The molecule has 1 aliphatic heterocycles. The van der Waals surface area contributed by atoms with Crippen LogP contribution in [0.2, 0.25) is 0 Å². The first-order valence-corrected chi connectivity index (χ1v) is 8.29. The molecule has 2 aromatic carbocycles. The molecule has 0 saturated carbocycles. The number of rotatable bonds is 4. The lowest BCUT2D eigenvalue weighted by atomic mass is 9.91. The van der Waals surface area contributed by atoms with E-state index < -0.39 is 5.60 Å². The second-order valence-corrected chi connectivity index (χ2v) is 6.53. The molecule has 116 valence electrons. The number of para-hydroxylation sites is 1. The van der Waals surface area contributed by atoms with Crippen LogP contribution in [0.1, 0.15) is 18.6 Å². The summed E-state index contributed by atoms with van der Waals surface area (Å²) < 4.78 is 13.4. The zero-order chi connectivity index (χ0) is 15.4. The van der Waals surface area contributed by atoms with Gasteiger partial charge in [-0.3, -0.25) is 0 Å². The van der Waals surface area contributed by atoms with Gasteiger partial charge in [0.15, 0.2) is 6.10 Å². The fourth-order valence-corrected chi connectivity index (χ4v) is 3.13. The Balaban J connectivity index is 1.94. The molecule has 0 bridgehead atoms. The Morgan fingerprint density at radius 1 is 1.14 bits per heavy atom. The molecule has 3 rings (SSSR count). The molecule has 1 aliphatic rings. The van der Waals surface area contributed by atoms with Crippen molar-refractivity contribution in [1.82, 2.24) is 5.32 Å². The van der Waals surface area contributed by atoms with Crippen molar-refractivity contribution in [3.63, 3.8) is 0 Å². The van der Waals surface area contributed by atoms with Gasteiger partial charge in [0, 0.05) is 13.1 Å². The minimum absolute atomic E-state index is 0.180. The maximum atomic E-state index is 6.36. The van der Waals surface area contributed by atoms with Crippen LogP contribution >= 0.6 is 15.9 Å². The maximum Gasteiger partial charge on any atom is 0.154 e. The van der Waals surface area contributed by atoms with Crippen LogP contribution in [-0.2, 0) is 4.74 Å². The van der Waals surface area contributed by atoms with Gasteiger partial charge in [-0.2, -0.15) is 0 Å². The maximum absolute atomic E-state index is 6.36. The largest absolute Gasteiger partial charge is 0.481 e. The molecule has 1 N–H and O–H groups in total. The van der Waals surface area contributed by atoms with Gasteiger partial charge >= 0.3 is 0 Å². The van der Waals surface area contributed by atoms with Crippen LogP contribution in [0.4, 0.5) is 0 Å². The van der Waals surface area contributed by atoms with Gasteiger partial charge < -0.3 is 14.8 Å². The molecular formula is C18H20BrNO2. The van der Waals surface area contributed by atoms with Crippen molar-refractivity contribution >= 4 is 15.9 Å². The second kappa shape index (κ2) is 6.82. The van der Waals surface area contributed by atoms with Gasteiger partial charge in [-0.15, -0.1) is 0 Å². The number of nitrogens with one attached hydrogen (secondary N) is 1. The van der Waals surface area contributed by atoms with Crippen molar-refractivity contribution in [2.24, 2.45) is 0 Å².